The quantitative estimate of drug-likeness (QED) is 0.611. The molecular formula is C10H9F6OP. The Kier molecular flexibility index (Phi) is 4.15. The average molecular weight is 290 g/mol. The summed E-state index contributed by atoms with van der Waals surface area (Å²) in [5.74, 6) is 0. The van der Waals surface area contributed by atoms with E-state index in [1.165, 1.54) is 18.2 Å². The Hall–Kier alpha value is -0.970. The highest BCUT2D eigenvalue weighted by atomic mass is 31.2. The van der Waals surface area contributed by atoms with E-state index < -0.39 is 37.1 Å². The molecule has 1 aromatic rings. The monoisotopic (exact) mass is 290 g/mol. The molecule has 1 aromatic carbocycles. The summed E-state index contributed by atoms with van der Waals surface area (Å²) in [6, 6.07) is 6.00. The van der Waals surface area contributed by atoms with Crippen LogP contribution in [0.3, 0.4) is 0 Å². The Morgan fingerprint density at radius 2 is 1.22 bits per heavy atom. The number of benzene rings is 1. The van der Waals surface area contributed by atoms with Gasteiger partial charge in [-0.15, -0.1) is 0 Å². The Balaban J connectivity index is 3.14. The maximum atomic E-state index is 12.3. The first-order valence-electron chi connectivity index (χ1n) is 4.79. The van der Waals surface area contributed by atoms with Crippen LogP contribution in [0.5, 0.6) is 0 Å². The second-order valence-electron chi connectivity index (χ2n) is 3.77. The summed E-state index contributed by atoms with van der Waals surface area (Å²) in [6.07, 6.45) is -13.7. The van der Waals surface area contributed by atoms with E-state index in [-0.39, 0.29) is 0 Å². The molecule has 0 aliphatic rings. The Labute approximate surface area is 99.2 Å². The molecule has 0 bridgehead atoms. The number of alkyl halides is 6. The van der Waals surface area contributed by atoms with Crippen molar-refractivity contribution in [2.75, 3.05) is 12.3 Å². The lowest BCUT2D eigenvalue weighted by Gasteiger charge is -2.21. The van der Waals surface area contributed by atoms with Crippen LogP contribution in [0.25, 0.3) is 0 Å². The summed E-state index contributed by atoms with van der Waals surface area (Å²) in [5.41, 5.74) is 0. The molecule has 0 heterocycles. The third kappa shape index (κ3) is 4.72. The maximum Gasteiger partial charge on any atom is 0.396 e. The van der Waals surface area contributed by atoms with E-state index in [0.717, 1.165) is 12.1 Å². The first-order chi connectivity index (χ1) is 8.02. The van der Waals surface area contributed by atoms with Crippen molar-refractivity contribution in [1.29, 1.82) is 0 Å². The van der Waals surface area contributed by atoms with E-state index in [9.17, 15) is 30.9 Å². The molecular weight excluding hydrogens is 281 g/mol. The van der Waals surface area contributed by atoms with Crippen molar-refractivity contribution >= 4 is 12.4 Å². The van der Waals surface area contributed by atoms with Gasteiger partial charge in [0.1, 0.15) is 19.5 Å². The SMILES string of the molecule is O=P(CC(F)(F)F)(CC(F)(F)F)c1ccccc1. The predicted molar refractivity (Wildman–Crippen MR) is 55.5 cm³/mol. The van der Waals surface area contributed by atoms with E-state index in [4.69, 9.17) is 0 Å². The highest BCUT2D eigenvalue weighted by molar-refractivity contribution is 7.71. The minimum Gasteiger partial charge on any atom is -0.318 e. The van der Waals surface area contributed by atoms with Crippen LogP contribution < -0.4 is 5.30 Å². The highest BCUT2D eigenvalue weighted by Gasteiger charge is 2.46. The van der Waals surface area contributed by atoms with Gasteiger partial charge in [0, 0.05) is 5.30 Å². The van der Waals surface area contributed by atoms with Crippen LogP contribution in [-0.2, 0) is 4.57 Å². The van der Waals surface area contributed by atoms with Gasteiger partial charge in [0.05, 0.1) is 0 Å². The predicted octanol–water partition coefficient (Wildman–Crippen LogP) is 3.80. The lowest BCUT2D eigenvalue weighted by atomic mass is 10.4. The van der Waals surface area contributed by atoms with Crippen molar-refractivity contribution in [1.82, 2.24) is 0 Å². The second kappa shape index (κ2) is 4.96. The van der Waals surface area contributed by atoms with E-state index in [2.05, 4.69) is 0 Å². The molecule has 0 saturated heterocycles. The first kappa shape index (κ1) is 15.1. The maximum absolute atomic E-state index is 12.3. The lowest BCUT2D eigenvalue weighted by molar-refractivity contribution is -0.112. The number of halogens is 6. The molecule has 0 unspecified atom stereocenters. The highest BCUT2D eigenvalue weighted by Crippen LogP contribution is 2.52. The first-order valence-corrected chi connectivity index (χ1v) is 6.87. The van der Waals surface area contributed by atoms with Crippen molar-refractivity contribution < 1.29 is 30.9 Å². The molecule has 0 spiro atoms. The van der Waals surface area contributed by atoms with Crippen LogP contribution in [0.1, 0.15) is 0 Å². The van der Waals surface area contributed by atoms with Crippen molar-refractivity contribution in [3.63, 3.8) is 0 Å². The molecule has 0 aromatic heterocycles. The average Bonchev–Trinajstić information content (AvgIpc) is 2.13. The zero-order valence-corrected chi connectivity index (χ0v) is 9.82. The van der Waals surface area contributed by atoms with Gasteiger partial charge in [-0.05, 0) is 0 Å². The van der Waals surface area contributed by atoms with E-state index in [1.807, 2.05) is 0 Å². The molecule has 8 heteroatoms. The van der Waals surface area contributed by atoms with Crippen LogP contribution in [0.2, 0.25) is 0 Å². The molecule has 0 N–H and O–H groups in total. The molecule has 1 rings (SSSR count). The Morgan fingerprint density at radius 1 is 0.833 bits per heavy atom. The minimum atomic E-state index is -4.91. The van der Waals surface area contributed by atoms with Gasteiger partial charge in [-0.3, -0.25) is 0 Å². The molecule has 0 radical (unpaired) electrons. The number of hydrogen-bond acceptors (Lipinski definition) is 1. The fraction of sp³-hybridized carbons (Fsp3) is 0.400. The summed E-state index contributed by atoms with van der Waals surface area (Å²) in [7, 11) is -4.56. The third-order valence-corrected chi connectivity index (χ3v) is 5.07. The van der Waals surface area contributed by atoms with Crippen LogP contribution in [0.4, 0.5) is 26.3 Å². The van der Waals surface area contributed by atoms with E-state index in [1.54, 1.807) is 0 Å². The van der Waals surface area contributed by atoms with Gasteiger partial charge in [-0.25, -0.2) is 0 Å². The van der Waals surface area contributed by atoms with Crippen LogP contribution in [-0.4, -0.2) is 24.7 Å². The van der Waals surface area contributed by atoms with Gasteiger partial charge >= 0.3 is 12.4 Å². The topological polar surface area (TPSA) is 17.1 Å². The van der Waals surface area contributed by atoms with Crippen molar-refractivity contribution in [3.05, 3.63) is 30.3 Å². The van der Waals surface area contributed by atoms with Crippen LogP contribution in [0.15, 0.2) is 30.3 Å². The molecule has 0 atom stereocenters. The van der Waals surface area contributed by atoms with Crippen molar-refractivity contribution in [2.45, 2.75) is 12.4 Å². The molecule has 1 nitrogen and oxygen atoms in total. The summed E-state index contributed by atoms with van der Waals surface area (Å²) in [5, 5.41) is -0.403. The molecule has 0 aliphatic carbocycles. The zero-order chi connectivity index (χ0) is 14.0. The summed E-state index contributed by atoms with van der Waals surface area (Å²) in [6.45, 7) is 0. The van der Waals surface area contributed by atoms with Gasteiger partial charge < -0.3 is 4.57 Å². The van der Waals surface area contributed by atoms with Gasteiger partial charge in [-0.2, -0.15) is 26.3 Å². The van der Waals surface area contributed by atoms with Crippen molar-refractivity contribution in [2.24, 2.45) is 0 Å². The minimum absolute atomic E-state index is 0.403. The summed E-state index contributed by atoms with van der Waals surface area (Å²) in [4.78, 5) is 0. The number of rotatable bonds is 3. The van der Waals surface area contributed by atoms with E-state index >= 15 is 0 Å². The fourth-order valence-electron chi connectivity index (χ4n) is 1.52. The van der Waals surface area contributed by atoms with Gasteiger partial charge in [0.25, 0.3) is 0 Å². The second-order valence-corrected chi connectivity index (χ2v) is 6.70. The zero-order valence-electron chi connectivity index (χ0n) is 8.92. The molecule has 0 fully saturated rings. The third-order valence-electron chi connectivity index (χ3n) is 2.10. The Bertz CT molecular complexity index is 416. The largest absolute Gasteiger partial charge is 0.396 e. The van der Waals surface area contributed by atoms with Gasteiger partial charge in [0.15, 0.2) is 0 Å². The molecule has 0 amide bonds. The van der Waals surface area contributed by atoms with Gasteiger partial charge in [-0.1, -0.05) is 30.3 Å². The smallest absolute Gasteiger partial charge is 0.318 e. The standard InChI is InChI=1S/C10H9F6OP/c11-9(12,13)6-18(17,7-10(14,15)16)8-4-2-1-3-5-8/h1-5H,6-7H2. The molecule has 0 aliphatic heterocycles. The molecule has 0 saturated carbocycles. The van der Waals surface area contributed by atoms with Crippen molar-refractivity contribution in [3.8, 4) is 0 Å². The normalized spacial score (nSPS) is 13.7. The van der Waals surface area contributed by atoms with E-state index in [0.29, 0.717) is 0 Å². The molecule has 18 heavy (non-hydrogen) atoms. The van der Waals surface area contributed by atoms with Gasteiger partial charge in [0.2, 0.25) is 0 Å². The van der Waals surface area contributed by atoms with Crippen LogP contribution in [0, 0.1) is 0 Å². The fourth-order valence-corrected chi connectivity index (χ4v) is 3.87. The van der Waals surface area contributed by atoms with Crippen LogP contribution >= 0.6 is 7.14 Å². The Morgan fingerprint density at radius 3 is 1.56 bits per heavy atom. The summed E-state index contributed by atoms with van der Waals surface area (Å²) >= 11 is 0. The number of hydrogen-bond donors (Lipinski definition) is 0. The molecule has 102 valence electrons. The lowest BCUT2D eigenvalue weighted by Crippen LogP contribution is -2.27. The summed E-state index contributed by atoms with van der Waals surface area (Å²) < 4.78 is 85.6.